The second kappa shape index (κ2) is 9.27. The van der Waals surface area contributed by atoms with Crippen molar-refractivity contribution in [2.75, 3.05) is 5.75 Å². The second-order valence-electron chi connectivity index (χ2n) is 5.48. The first-order chi connectivity index (χ1) is 11.6. The van der Waals surface area contributed by atoms with Crippen molar-refractivity contribution in [2.24, 2.45) is 0 Å². The molecule has 1 aliphatic rings. The molecule has 1 N–H and O–H groups in total. The van der Waals surface area contributed by atoms with Gasteiger partial charge in [-0.25, -0.2) is 4.79 Å². The van der Waals surface area contributed by atoms with Crippen LogP contribution in [0.1, 0.15) is 38.2 Å². The van der Waals surface area contributed by atoms with E-state index < -0.39 is 6.09 Å². The molecular weight excluding hydrogens is 326 g/mol. The van der Waals surface area contributed by atoms with Crippen LogP contribution in [-0.4, -0.2) is 23.4 Å². The van der Waals surface area contributed by atoms with Crippen LogP contribution in [0, 0.1) is 0 Å². The number of thioether (sulfide) groups is 1. The predicted molar refractivity (Wildman–Crippen MR) is 93.4 cm³/mol. The van der Waals surface area contributed by atoms with Gasteiger partial charge in [-0.1, -0.05) is 61.9 Å². The largest absolute Gasteiger partial charge is 0.444 e. The van der Waals surface area contributed by atoms with Crippen molar-refractivity contribution in [1.82, 2.24) is 5.32 Å². The topological polar surface area (TPSA) is 72.5 Å². The summed E-state index contributed by atoms with van der Waals surface area (Å²) >= 11 is 1.17. The summed E-state index contributed by atoms with van der Waals surface area (Å²) in [5.74, 6) is -0.236. The number of unbranched alkanes of at least 4 members (excludes halogenated alkanes) is 2. The molecule has 0 unspecified atom stereocenters. The number of carbonyl (C=O) groups excluding carboxylic acids is 3. The highest BCUT2D eigenvalue weighted by molar-refractivity contribution is 8.04. The van der Waals surface area contributed by atoms with Crippen LogP contribution in [-0.2, 0) is 20.9 Å². The van der Waals surface area contributed by atoms with Crippen molar-refractivity contribution in [3.05, 3.63) is 46.5 Å². The smallest absolute Gasteiger partial charge is 0.412 e. The number of Topliss-reactive ketones (excluding diaryl/α,β-unsaturated/α-hetero) is 2. The molecule has 2 rings (SSSR count). The van der Waals surface area contributed by atoms with Gasteiger partial charge in [-0.3, -0.25) is 14.9 Å². The molecule has 0 aliphatic carbocycles. The molecule has 0 spiro atoms. The lowest BCUT2D eigenvalue weighted by atomic mass is 10.0. The van der Waals surface area contributed by atoms with Crippen LogP contribution < -0.4 is 5.32 Å². The quantitative estimate of drug-likeness (QED) is 0.575. The molecule has 0 atom stereocenters. The van der Waals surface area contributed by atoms with Gasteiger partial charge in [-0.15, -0.1) is 0 Å². The number of alkyl carbamates (subject to hydrolysis) is 1. The van der Waals surface area contributed by atoms with Crippen LogP contribution in [0.5, 0.6) is 0 Å². The zero-order chi connectivity index (χ0) is 17.4. The Labute approximate surface area is 145 Å². The molecule has 1 aliphatic heterocycles. The van der Waals surface area contributed by atoms with E-state index in [2.05, 4.69) is 12.2 Å². The minimum Gasteiger partial charge on any atom is -0.444 e. The van der Waals surface area contributed by atoms with Crippen molar-refractivity contribution < 1.29 is 19.1 Å². The molecule has 24 heavy (non-hydrogen) atoms. The van der Waals surface area contributed by atoms with Crippen molar-refractivity contribution in [3.63, 3.8) is 0 Å². The van der Waals surface area contributed by atoms with Gasteiger partial charge in [0.05, 0.1) is 16.4 Å². The average Bonchev–Trinajstić information content (AvgIpc) is 2.94. The number of ketones is 2. The van der Waals surface area contributed by atoms with Crippen LogP contribution in [0.25, 0.3) is 0 Å². The van der Waals surface area contributed by atoms with Crippen LogP contribution in [0.2, 0.25) is 0 Å². The molecule has 5 nitrogen and oxygen atoms in total. The summed E-state index contributed by atoms with van der Waals surface area (Å²) in [6, 6.07) is 9.30. The number of hydrogen-bond donors (Lipinski definition) is 1. The minimum absolute atomic E-state index is 0.118. The zero-order valence-corrected chi connectivity index (χ0v) is 14.5. The Bertz CT molecular complexity index is 640. The minimum atomic E-state index is -0.657. The van der Waals surface area contributed by atoms with E-state index in [4.69, 9.17) is 4.74 Å². The van der Waals surface area contributed by atoms with E-state index in [0.717, 1.165) is 24.8 Å². The predicted octanol–water partition coefficient (Wildman–Crippen LogP) is 3.59. The normalized spacial score (nSPS) is 14.0. The highest BCUT2D eigenvalue weighted by Gasteiger charge is 2.30. The summed E-state index contributed by atoms with van der Waals surface area (Å²) in [5.41, 5.74) is 0.986. The van der Waals surface area contributed by atoms with Gasteiger partial charge in [0.15, 0.2) is 11.6 Å². The Morgan fingerprint density at radius 1 is 1.21 bits per heavy atom. The summed E-state index contributed by atoms with van der Waals surface area (Å²) < 4.78 is 5.13. The van der Waals surface area contributed by atoms with E-state index in [-0.39, 0.29) is 29.5 Å². The number of hydrogen-bond acceptors (Lipinski definition) is 5. The first-order valence-electron chi connectivity index (χ1n) is 8.03. The Kier molecular flexibility index (Phi) is 7.06. The first kappa shape index (κ1) is 18.3. The molecule has 0 saturated carbocycles. The fraction of sp³-hybridized carbons (Fsp3) is 0.389. The standard InChI is InChI=1S/C18H21NO4S/c1-2-3-5-10-14(20)16-15(21)12-24-17(16)19-18(22)23-11-13-8-6-4-7-9-13/h4,6-9H,2-3,5,10-12H2,1H3,(H,19,22). The number of rotatable bonds is 8. The lowest BCUT2D eigenvalue weighted by molar-refractivity contribution is -0.120. The number of nitrogens with one attached hydrogen (secondary N) is 1. The van der Waals surface area contributed by atoms with E-state index in [9.17, 15) is 14.4 Å². The Hall–Kier alpha value is -2.08. The Morgan fingerprint density at radius 2 is 1.96 bits per heavy atom. The SMILES string of the molecule is CCCCCC(=O)C1=C(NC(=O)OCc2ccccc2)SCC1=O. The van der Waals surface area contributed by atoms with Gasteiger partial charge in [-0.2, -0.15) is 0 Å². The summed E-state index contributed by atoms with van der Waals surface area (Å²) in [4.78, 5) is 36.0. The van der Waals surface area contributed by atoms with Gasteiger partial charge in [-0.05, 0) is 12.0 Å². The molecule has 1 aromatic rings. The summed E-state index contributed by atoms with van der Waals surface area (Å²) in [7, 11) is 0. The second-order valence-corrected chi connectivity index (χ2v) is 6.47. The third-order valence-electron chi connectivity index (χ3n) is 3.57. The lowest BCUT2D eigenvalue weighted by Crippen LogP contribution is -2.24. The van der Waals surface area contributed by atoms with Crippen LogP contribution in [0.15, 0.2) is 40.9 Å². The first-order valence-corrected chi connectivity index (χ1v) is 9.01. The van der Waals surface area contributed by atoms with Gasteiger partial charge >= 0.3 is 6.09 Å². The number of amides is 1. The fourth-order valence-electron chi connectivity index (χ4n) is 2.30. The third kappa shape index (κ3) is 5.23. The maximum atomic E-state index is 12.2. The van der Waals surface area contributed by atoms with Crippen molar-refractivity contribution in [2.45, 2.75) is 39.2 Å². The summed E-state index contributed by atoms with van der Waals surface area (Å²) in [5, 5.41) is 2.86. The van der Waals surface area contributed by atoms with Crippen LogP contribution >= 0.6 is 11.8 Å². The fourth-order valence-corrected chi connectivity index (χ4v) is 3.25. The molecule has 0 aromatic heterocycles. The van der Waals surface area contributed by atoms with E-state index in [1.54, 1.807) is 0 Å². The van der Waals surface area contributed by atoms with Gasteiger partial charge in [0.25, 0.3) is 0 Å². The number of benzene rings is 1. The van der Waals surface area contributed by atoms with Crippen molar-refractivity contribution >= 4 is 29.4 Å². The Morgan fingerprint density at radius 3 is 2.67 bits per heavy atom. The van der Waals surface area contributed by atoms with Crippen LogP contribution in [0.4, 0.5) is 4.79 Å². The monoisotopic (exact) mass is 347 g/mol. The average molecular weight is 347 g/mol. The molecule has 6 heteroatoms. The Balaban J connectivity index is 1.93. The van der Waals surface area contributed by atoms with E-state index in [0.29, 0.717) is 11.4 Å². The zero-order valence-electron chi connectivity index (χ0n) is 13.7. The van der Waals surface area contributed by atoms with Crippen molar-refractivity contribution in [1.29, 1.82) is 0 Å². The molecule has 0 fully saturated rings. The van der Waals surface area contributed by atoms with Gasteiger partial charge in [0.2, 0.25) is 0 Å². The maximum absolute atomic E-state index is 12.2. The number of carbonyl (C=O) groups is 3. The number of ether oxygens (including phenoxy) is 1. The molecular formula is C18H21NO4S. The maximum Gasteiger partial charge on any atom is 0.412 e. The van der Waals surface area contributed by atoms with Gasteiger partial charge in [0, 0.05) is 6.42 Å². The highest BCUT2D eigenvalue weighted by Crippen LogP contribution is 2.28. The van der Waals surface area contributed by atoms with Gasteiger partial charge < -0.3 is 4.74 Å². The molecule has 0 radical (unpaired) electrons. The molecule has 1 aromatic carbocycles. The van der Waals surface area contributed by atoms with E-state index >= 15 is 0 Å². The third-order valence-corrected chi connectivity index (χ3v) is 4.57. The van der Waals surface area contributed by atoms with Crippen molar-refractivity contribution in [3.8, 4) is 0 Å². The van der Waals surface area contributed by atoms with Crippen LogP contribution in [0.3, 0.4) is 0 Å². The highest BCUT2D eigenvalue weighted by atomic mass is 32.2. The molecule has 1 heterocycles. The van der Waals surface area contributed by atoms with E-state index in [1.165, 1.54) is 11.8 Å². The number of allylic oxidation sites excluding steroid dienone is 1. The van der Waals surface area contributed by atoms with E-state index in [1.807, 2.05) is 30.3 Å². The summed E-state index contributed by atoms with van der Waals surface area (Å²) in [6.45, 7) is 2.19. The molecule has 128 valence electrons. The molecule has 1 amide bonds. The lowest BCUT2D eigenvalue weighted by Gasteiger charge is -2.08. The van der Waals surface area contributed by atoms with Gasteiger partial charge in [0.1, 0.15) is 6.61 Å². The summed E-state index contributed by atoms with van der Waals surface area (Å²) in [6.07, 6.45) is 2.38. The molecule has 0 saturated heterocycles. The molecule has 0 bridgehead atoms.